The summed E-state index contributed by atoms with van der Waals surface area (Å²) < 4.78 is 12.5. The van der Waals surface area contributed by atoms with Gasteiger partial charge in [-0.25, -0.2) is 5.43 Å². The number of ether oxygens (including phenoxy) is 2. The van der Waals surface area contributed by atoms with E-state index >= 15 is 0 Å². The molecule has 0 atom stereocenters. The molecule has 3 aromatic rings. The number of benzene rings is 2. The first-order chi connectivity index (χ1) is 12.3. The van der Waals surface area contributed by atoms with Gasteiger partial charge in [0.25, 0.3) is 5.91 Å². The van der Waals surface area contributed by atoms with Gasteiger partial charge in [-0.3, -0.25) is 4.79 Å². The third-order valence-corrected chi connectivity index (χ3v) is 3.81. The fourth-order valence-electron chi connectivity index (χ4n) is 2.52. The lowest BCUT2D eigenvalue weighted by atomic mass is 10.2. The van der Waals surface area contributed by atoms with Crippen LogP contribution in [-0.2, 0) is 0 Å². The van der Waals surface area contributed by atoms with Crippen LogP contribution >= 0.6 is 0 Å². The van der Waals surface area contributed by atoms with Crippen LogP contribution < -0.4 is 14.9 Å². The van der Waals surface area contributed by atoms with Crippen molar-refractivity contribution in [3.63, 3.8) is 0 Å². The second-order valence-electron chi connectivity index (χ2n) is 5.45. The van der Waals surface area contributed by atoms with E-state index in [1.165, 1.54) is 0 Å². The molecule has 1 aromatic heterocycles. The van der Waals surface area contributed by atoms with Gasteiger partial charge in [0.15, 0.2) is 11.5 Å². The average molecular weight is 333 g/mol. The molecule has 124 valence electrons. The molecule has 2 aromatic carbocycles. The van der Waals surface area contributed by atoms with Crippen molar-refractivity contribution in [2.75, 3.05) is 6.79 Å². The fraction of sp³-hybridized carbons (Fsp3) is 0.0526. The van der Waals surface area contributed by atoms with Gasteiger partial charge in [0, 0.05) is 23.6 Å². The summed E-state index contributed by atoms with van der Waals surface area (Å²) in [5, 5.41) is 3.99. The number of hydrogen-bond acceptors (Lipinski definition) is 4. The van der Waals surface area contributed by atoms with Crippen LogP contribution in [0.15, 0.2) is 72.1 Å². The summed E-state index contributed by atoms with van der Waals surface area (Å²) in [7, 11) is 0. The second kappa shape index (κ2) is 6.52. The van der Waals surface area contributed by atoms with Crippen molar-refractivity contribution in [2.45, 2.75) is 0 Å². The predicted molar refractivity (Wildman–Crippen MR) is 93.4 cm³/mol. The van der Waals surface area contributed by atoms with E-state index in [1.807, 2.05) is 59.4 Å². The van der Waals surface area contributed by atoms with Crippen LogP contribution in [-0.4, -0.2) is 23.5 Å². The lowest BCUT2D eigenvalue weighted by Gasteiger charge is -2.04. The summed E-state index contributed by atoms with van der Waals surface area (Å²) in [5.74, 6) is 1.12. The summed E-state index contributed by atoms with van der Waals surface area (Å²) in [4.78, 5) is 12.1. The molecule has 0 saturated heterocycles. The maximum Gasteiger partial charge on any atom is 0.271 e. The normalized spacial score (nSPS) is 12.5. The largest absolute Gasteiger partial charge is 0.454 e. The summed E-state index contributed by atoms with van der Waals surface area (Å²) in [6.07, 6.45) is 5.46. The number of aromatic nitrogens is 1. The Kier molecular flexibility index (Phi) is 3.92. The van der Waals surface area contributed by atoms with Crippen LogP contribution in [0.2, 0.25) is 0 Å². The smallest absolute Gasteiger partial charge is 0.271 e. The Morgan fingerprint density at radius 3 is 2.60 bits per heavy atom. The first kappa shape index (κ1) is 15.0. The number of rotatable bonds is 4. The molecular formula is C19H15N3O3. The fourth-order valence-corrected chi connectivity index (χ4v) is 2.52. The Morgan fingerprint density at radius 2 is 1.80 bits per heavy atom. The minimum absolute atomic E-state index is 0.228. The van der Waals surface area contributed by atoms with E-state index in [1.54, 1.807) is 18.3 Å². The molecule has 6 nitrogen and oxygen atoms in total. The molecule has 0 unspecified atom stereocenters. The van der Waals surface area contributed by atoms with Gasteiger partial charge >= 0.3 is 0 Å². The lowest BCUT2D eigenvalue weighted by Crippen LogP contribution is -2.17. The zero-order valence-corrected chi connectivity index (χ0v) is 13.3. The topological polar surface area (TPSA) is 64.8 Å². The molecule has 0 bridgehead atoms. The highest BCUT2D eigenvalue weighted by Crippen LogP contribution is 2.31. The van der Waals surface area contributed by atoms with Crippen LogP contribution in [0, 0.1) is 0 Å². The Labute approximate surface area is 144 Å². The molecule has 1 aliphatic heterocycles. The quantitative estimate of drug-likeness (QED) is 0.590. The van der Waals surface area contributed by atoms with Crippen LogP contribution in [0.5, 0.6) is 11.5 Å². The highest BCUT2D eigenvalue weighted by atomic mass is 16.7. The SMILES string of the molecule is O=C(N/N=C\c1ccc2c(c1)OCO2)c1ccc(-n2cccc2)cc1. The van der Waals surface area contributed by atoms with Crippen molar-refractivity contribution in [3.05, 3.63) is 78.1 Å². The zero-order chi connectivity index (χ0) is 17.1. The number of amides is 1. The number of hydrogen-bond donors (Lipinski definition) is 1. The van der Waals surface area contributed by atoms with Gasteiger partial charge in [-0.05, 0) is 60.2 Å². The van der Waals surface area contributed by atoms with Crippen molar-refractivity contribution in [3.8, 4) is 17.2 Å². The highest BCUT2D eigenvalue weighted by molar-refractivity contribution is 5.95. The summed E-state index contributed by atoms with van der Waals surface area (Å²) in [6, 6.07) is 16.7. The molecule has 4 rings (SSSR count). The third-order valence-electron chi connectivity index (χ3n) is 3.81. The minimum atomic E-state index is -0.268. The summed E-state index contributed by atoms with van der Waals surface area (Å²) in [5.41, 5.74) is 4.87. The van der Waals surface area contributed by atoms with Gasteiger partial charge in [0.1, 0.15) is 0 Å². The van der Waals surface area contributed by atoms with E-state index in [0.29, 0.717) is 17.1 Å². The van der Waals surface area contributed by atoms with E-state index in [4.69, 9.17) is 9.47 Å². The van der Waals surface area contributed by atoms with Gasteiger partial charge in [-0.2, -0.15) is 5.10 Å². The molecule has 0 aliphatic carbocycles. The molecule has 1 N–H and O–H groups in total. The predicted octanol–water partition coefficient (Wildman–Crippen LogP) is 2.97. The first-order valence-corrected chi connectivity index (χ1v) is 7.76. The van der Waals surface area contributed by atoms with Crippen LogP contribution in [0.3, 0.4) is 0 Å². The number of nitrogens with one attached hydrogen (secondary N) is 1. The van der Waals surface area contributed by atoms with E-state index in [9.17, 15) is 4.79 Å². The Bertz CT molecular complexity index is 916. The van der Waals surface area contributed by atoms with Gasteiger partial charge < -0.3 is 14.0 Å². The standard InChI is InChI=1S/C19H15N3O3/c23-19(15-4-6-16(7-5-15)22-9-1-2-10-22)21-20-12-14-3-8-17-18(11-14)25-13-24-17/h1-12H,13H2,(H,21,23)/b20-12-. The lowest BCUT2D eigenvalue weighted by molar-refractivity contribution is 0.0955. The summed E-state index contributed by atoms with van der Waals surface area (Å²) >= 11 is 0. The maximum absolute atomic E-state index is 12.1. The molecule has 2 heterocycles. The number of fused-ring (bicyclic) bond motifs is 1. The number of carbonyl (C=O) groups is 1. The van der Waals surface area contributed by atoms with Crippen LogP contribution in [0.25, 0.3) is 5.69 Å². The monoisotopic (exact) mass is 333 g/mol. The highest BCUT2D eigenvalue weighted by Gasteiger charge is 2.12. The molecule has 0 radical (unpaired) electrons. The van der Waals surface area contributed by atoms with Gasteiger partial charge in [-0.1, -0.05) is 0 Å². The van der Waals surface area contributed by atoms with E-state index in [0.717, 1.165) is 11.3 Å². The maximum atomic E-state index is 12.1. The van der Waals surface area contributed by atoms with Crippen LogP contribution in [0.4, 0.5) is 0 Å². The number of nitrogens with zero attached hydrogens (tertiary/aromatic N) is 2. The van der Waals surface area contributed by atoms with Crippen molar-refractivity contribution in [2.24, 2.45) is 5.10 Å². The molecule has 6 heteroatoms. The van der Waals surface area contributed by atoms with E-state index in [-0.39, 0.29) is 12.7 Å². The molecule has 0 spiro atoms. The summed E-state index contributed by atoms with van der Waals surface area (Å²) in [6.45, 7) is 0.228. The molecule has 1 amide bonds. The van der Waals surface area contributed by atoms with Crippen molar-refractivity contribution >= 4 is 12.1 Å². The first-order valence-electron chi connectivity index (χ1n) is 7.76. The van der Waals surface area contributed by atoms with Gasteiger partial charge in [0.2, 0.25) is 6.79 Å². The minimum Gasteiger partial charge on any atom is -0.454 e. The molecule has 0 saturated carbocycles. The third kappa shape index (κ3) is 3.23. The van der Waals surface area contributed by atoms with Crippen molar-refractivity contribution in [1.82, 2.24) is 9.99 Å². The van der Waals surface area contributed by atoms with E-state index in [2.05, 4.69) is 10.5 Å². The Hall–Kier alpha value is -3.54. The number of hydrazone groups is 1. The molecule has 1 aliphatic rings. The van der Waals surface area contributed by atoms with Crippen molar-refractivity contribution < 1.29 is 14.3 Å². The Balaban J connectivity index is 1.40. The number of carbonyl (C=O) groups excluding carboxylic acids is 1. The Morgan fingerprint density at radius 1 is 1.04 bits per heavy atom. The molecule has 25 heavy (non-hydrogen) atoms. The zero-order valence-electron chi connectivity index (χ0n) is 13.3. The van der Waals surface area contributed by atoms with Crippen LogP contribution in [0.1, 0.15) is 15.9 Å². The average Bonchev–Trinajstić information content (AvgIpc) is 3.33. The van der Waals surface area contributed by atoms with Gasteiger partial charge in [-0.15, -0.1) is 0 Å². The van der Waals surface area contributed by atoms with Gasteiger partial charge in [0.05, 0.1) is 6.21 Å². The molecule has 0 fully saturated rings. The molecular weight excluding hydrogens is 318 g/mol. The second-order valence-corrected chi connectivity index (χ2v) is 5.45. The van der Waals surface area contributed by atoms with Crippen molar-refractivity contribution in [1.29, 1.82) is 0 Å². The van der Waals surface area contributed by atoms with E-state index < -0.39 is 0 Å².